The number of ether oxygens (including phenoxy) is 1. The van der Waals surface area contributed by atoms with Crippen LogP contribution in [-0.4, -0.2) is 15.5 Å². The zero-order chi connectivity index (χ0) is 16.8. The highest BCUT2D eigenvalue weighted by atomic mass is 16.5. The summed E-state index contributed by atoms with van der Waals surface area (Å²) in [6, 6.07) is 10.2. The Labute approximate surface area is 137 Å². The van der Waals surface area contributed by atoms with Crippen LogP contribution in [-0.2, 0) is 36.0 Å². The van der Waals surface area contributed by atoms with Gasteiger partial charge in [0, 0.05) is 31.2 Å². The summed E-state index contributed by atoms with van der Waals surface area (Å²) in [5, 5.41) is 0. The number of nitrogens with zero attached hydrogens (tertiary/aromatic N) is 2. The first-order chi connectivity index (χ1) is 11.0. The molecule has 0 radical (unpaired) electrons. The highest BCUT2D eigenvalue weighted by molar-refractivity contribution is 5.86. The Bertz CT molecular complexity index is 714. The maximum atomic E-state index is 11.6. The van der Waals surface area contributed by atoms with Gasteiger partial charge in [-0.25, -0.2) is 9.78 Å². The number of benzene rings is 1. The summed E-state index contributed by atoms with van der Waals surface area (Å²) in [6.45, 7) is 9.15. The van der Waals surface area contributed by atoms with Gasteiger partial charge >= 0.3 is 5.97 Å². The molecule has 0 saturated carbocycles. The van der Waals surface area contributed by atoms with Crippen LogP contribution >= 0.6 is 0 Å². The molecule has 2 aromatic rings. The molecule has 1 aromatic carbocycles. The smallest absolute Gasteiger partial charge is 0.333 e. The molecule has 0 bridgehead atoms. The molecule has 4 heteroatoms. The Morgan fingerprint density at radius 1 is 1.35 bits per heavy atom. The summed E-state index contributed by atoms with van der Waals surface area (Å²) in [7, 11) is 1.95. The summed E-state index contributed by atoms with van der Waals surface area (Å²) < 4.78 is 7.22. The summed E-state index contributed by atoms with van der Waals surface area (Å²) in [5.74, 6) is 0.324. The van der Waals surface area contributed by atoms with E-state index in [1.54, 1.807) is 6.92 Å². The van der Waals surface area contributed by atoms with Crippen molar-refractivity contribution in [3.8, 4) is 0 Å². The van der Waals surface area contributed by atoms with Gasteiger partial charge in [-0.05, 0) is 12.5 Å². The second-order valence-corrected chi connectivity index (χ2v) is 5.49. The van der Waals surface area contributed by atoms with Crippen molar-refractivity contribution >= 4 is 5.97 Å². The molecule has 1 aromatic heterocycles. The Morgan fingerprint density at radius 2 is 2.04 bits per heavy atom. The van der Waals surface area contributed by atoms with Crippen LogP contribution in [0.1, 0.15) is 29.7 Å². The molecule has 23 heavy (non-hydrogen) atoms. The Balaban J connectivity index is 2.24. The molecule has 0 amide bonds. The van der Waals surface area contributed by atoms with Crippen molar-refractivity contribution in [1.82, 2.24) is 9.55 Å². The van der Waals surface area contributed by atoms with Crippen molar-refractivity contribution in [2.45, 2.75) is 26.4 Å². The summed E-state index contributed by atoms with van der Waals surface area (Å²) in [4.78, 5) is 16.2. The quantitative estimate of drug-likeness (QED) is 0.447. The van der Waals surface area contributed by atoms with Crippen LogP contribution < -0.4 is 0 Å². The van der Waals surface area contributed by atoms with Crippen molar-refractivity contribution in [1.29, 1.82) is 0 Å². The van der Waals surface area contributed by atoms with E-state index in [1.807, 2.05) is 35.9 Å². The summed E-state index contributed by atoms with van der Waals surface area (Å²) >= 11 is 0. The third-order valence-corrected chi connectivity index (χ3v) is 3.62. The first-order valence-electron chi connectivity index (χ1n) is 7.53. The molecule has 0 aliphatic rings. The van der Waals surface area contributed by atoms with Crippen LogP contribution in [0.4, 0.5) is 0 Å². The van der Waals surface area contributed by atoms with Gasteiger partial charge in [0.1, 0.15) is 12.4 Å². The molecule has 0 spiro atoms. The van der Waals surface area contributed by atoms with E-state index in [9.17, 15) is 4.79 Å². The molecule has 120 valence electrons. The second kappa shape index (κ2) is 7.58. The van der Waals surface area contributed by atoms with Gasteiger partial charge in [-0.2, -0.15) is 0 Å². The summed E-state index contributed by atoms with van der Waals surface area (Å²) in [6.07, 6.45) is 3.30. The molecule has 0 aliphatic heterocycles. The molecule has 1 heterocycles. The Hall–Kier alpha value is -2.62. The molecular weight excluding hydrogens is 288 g/mol. The summed E-state index contributed by atoms with van der Waals surface area (Å²) in [5.41, 5.74) is 3.67. The second-order valence-electron chi connectivity index (χ2n) is 5.49. The van der Waals surface area contributed by atoms with E-state index in [2.05, 4.69) is 30.3 Å². The number of aromatic nitrogens is 2. The number of allylic oxidation sites excluding steroid dienone is 1. The van der Waals surface area contributed by atoms with E-state index < -0.39 is 5.97 Å². The first kappa shape index (κ1) is 16.7. The fourth-order valence-corrected chi connectivity index (χ4v) is 2.34. The molecule has 0 atom stereocenters. The number of rotatable bonds is 7. The zero-order valence-corrected chi connectivity index (χ0v) is 13.7. The van der Waals surface area contributed by atoms with Crippen LogP contribution in [0.15, 0.2) is 55.1 Å². The van der Waals surface area contributed by atoms with Crippen molar-refractivity contribution in [2.24, 2.45) is 7.05 Å². The Kier molecular flexibility index (Phi) is 5.52. The zero-order valence-electron chi connectivity index (χ0n) is 13.7. The standard InChI is InChI=1S/C19H22N2O2/c1-5-9-16-17(12-15-10-7-6-8-11-15)21(4)18(20-16)13-23-19(22)14(2)3/h5-8,10-11H,1-2,9,12-13H2,3-4H3. The number of hydrogen-bond donors (Lipinski definition) is 0. The monoisotopic (exact) mass is 310 g/mol. The lowest BCUT2D eigenvalue weighted by Gasteiger charge is -2.08. The highest BCUT2D eigenvalue weighted by Gasteiger charge is 2.15. The molecule has 0 unspecified atom stereocenters. The van der Waals surface area contributed by atoms with Crippen molar-refractivity contribution in [2.75, 3.05) is 0 Å². The number of imidazole rings is 1. The first-order valence-corrected chi connectivity index (χ1v) is 7.53. The van der Waals surface area contributed by atoms with E-state index in [0.29, 0.717) is 12.0 Å². The number of carbonyl (C=O) groups excluding carboxylic acids is 1. The van der Waals surface area contributed by atoms with Crippen LogP contribution in [0.2, 0.25) is 0 Å². The number of esters is 1. The van der Waals surface area contributed by atoms with Crippen LogP contribution in [0.3, 0.4) is 0 Å². The SMILES string of the molecule is C=CCc1nc(COC(=O)C(=C)C)n(C)c1Cc1ccccc1. The Morgan fingerprint density at radius 3 is 2.65 bits per heavy atom. The van der Waals surface area contributed by atoms with Crippen molar-refractivity contribution < 1.29 is 9.53 Å². The fourth-order valence-electron chi connectivity index (χ4n) is 2.34. The highest BCUT2D eigenvalue weighted by Crippen LogP contribution is 2.17. The average molecular weight is 310 g/mol. The lowest BCUT2D eigenvalue weighted by atomic mass is 10.1. The normalized spacial score (nSPS) is 10.3. The van der Waals surface area contributed by atoms with Gasteiger partial charge < -0.3 is 9.30 Å². The van der Waals surface area contributed by atoms with Crippen LogP contribution in [0, 0.1) is 0 Å². The molecule has 2 rings (SSSR count). The molecule has 4 nitrogen and oxygen atoms in total. The number of carbonyl (C=O) groups is 1. The maximum absolute atomic E-state index is 11.6. The topological polar surface area (TPSA) is 44.1 Å². The molecule has 0 aliphatic carbocycles. The largest absolute Gasteiger partial charge is 0.454 e. The van der Waals surface area contributed by atoms with Crippen LogP contribution in [0.5, 0.6) is 0 Å². The van der Waals surface area contributed by atoms with Crippen molar-refractivity contribution in [3.05, 3.63) is 77.9 Å². The molecule has 0 fully saturated rings. The van der Waals surface area contributed by atoms with Gasteiger partial charge in [0.25, 0.3) is 0 Å². The van der Waals surface area contributed by atoms with Gasteiger partial charge in [0.2, 0.25) is 0 Å². The van der Waals surface area contributed by atoms with Crippen LogP contribution in [0.25, 0.3) is 0 Å². The van der Waals surface area contributed by atoms with Gasteiger partial charge in [0.05, 0.1) is 5.69 Å². The van der Waals surface area contributed by atoms with Gasteiger partial charge in [-0.3, -0.25) is 0 Å². The van der Waals surface area contributed by atoms with Crippen molar-refractivity contribution in [3.63, 3.8) is 0 Å². The van der Waals surface area contributed by atoms with E-state index >= 15 is 0 Å². The molecule has 0 saturated heterocycles. The average Bonchev–Trinajstić information content (AvgIpc) is 2.82. The van der Waals surface area contributed by atoms with Gasteiger partial charge in [-0.1, -0.05) is 43.0 Å². The third kappa shape index (κ3) is 4.19. The van der Waals surface area contributed by atoms with E-state index in [4.69, 9.17) is 4.74 Å². The minimum Gasteiger partial charge on any atom is -0.454 e. The third-order valence-electron chi connectivity index (χ3n) is 3.62. The molecule has 0 N–H and O–H groups in total. The minimum absolute atomic E-state index is 0.140. The van der Waals surface area contributed by atoms with E-state index in [-0.39, 0.29) is 6.61 Å². The van der Waals surface area contributed by atoms with Gasteiger partial charge in [0.15, 0.2) is 0 Å². The van der Waals surface area contributed by atoms with E-state index in [0.717, 1.165) is 23.6 Å². The lowest BCUT2D eigenvalue weighted by molar-refractivity contribution is -0.140. The van der Waals surface area contributed by atoms with Gasteiger partial charge in [-0.15, -0.1) is 6.58 Å². The lowest BCUT2D eigenvalue weighted by Crippen LogP contribution is -2.09. The predicted octanol–water partition coefficient (Wildman–Crippen LogP) is 3.36. The molecular formula is C19H22N2O2. The van der Waals surface area contributed by atoms with E-state index in [1.165, 1.54) is 5.56 Å². The fraction of sp³-hybridized carbons (Fsp3) is 0.263. The minimum atomic E-state index is -0.400. The number of hydrogen-bond acceptors (Lipinski definition) is 3. The predicted molar refractivity (Wildman–Crippen MR) is 91.0 cm³/mol. The maximum Gasteiger partial charge on any atom is 0.333 e.